The van der Waals surface area contributed by atoms with Crippen molar-refractivity contribution in [2.24, 2.45) is 34.5 Å². The number of carbonyl (C=O) groups excluding carboxylic acids is 1. The van der Waals surface area contributed by atoms with Gasteiger partial charge in [0.05, 0.1) is 6.10 Å². The molecule has 0 radical (unpaired) electrons. The van der Waals surface area contributed by atoms with E-state index in [1.165, 1.54) is 44.9 Å². The van der Waals surface area contributed by atoms with Gasteiger partial charge in [-0.05, 0) is 106 Å². The van der Waals surface area contributed by atoms with Crippen molar-refractivity contribution in [2.45, 2.75) is 97.5 Å². The molecular formula is C24H38O2. The van der Waals surface area contributed by atoms with Crippen molar-refractivity contribution in [3.8, 4) is 0 Å². The molecular weight excluding hydrogens is 320 g/mol. The lowest BCUT2D eigenvalue weighted by Crippen LogP contribution is -2.50. The van der Waals surface area contributed by atoms with Crippen LogP contribution in [0.15, 0.2) is 11.6 Å². The first-order valence-electron chi connectivity index (χ1n) is 11.2. The van der Waals surface area contributed by atoms with Crippen molar-refractivity contribution in [1.82, 2.24) is 0 Å². The first-order chi connectivity index (χ1) is 12.3. The minimum Gasteiger partial charge on any atom is -0.393 e. The Morgan fingerprint density at radius 3 is 2.73 bits per heavy atom. The van der Waals surface area contributed by atoms with Gasteiger partial charge in [-0.3, -0.25) is 0 Å². The average Bonchev–Trinajstić information content (AvgIpc) is 2.92. The summed E-state index contributed by atoms with van der Waals surface area (Å²) < 4.78 is 0. The third-order valence-electron chi connectivity index (χ3n) is 9.36. The Bertz CT molecular complexity index is 593. The number of aliphatic hydroxyl groups is 1. The van der Waals surface area contributed by atoms with Crippen LogP contribution in [0.25, 0.3) is 0 Å². The summed E-state index contributed by atoms with van der Waals surface area (Å²) in [6.45, 7) is 6.84. The Balaban J connectivity index is 1.51. The molecule has 2 nitrogen and oxygen atoms in total. The van der Waals surface area contributed by atoms with E-state index in [1.807, 2.05) is 0 Å². The highest BCUT2D eigenvalue weighted by Gasteiger charge is 2.58. The van der Waals surface area contributed by atoms with Crippen molar-refractivity contribution < 1.29 is 9.90 Å². The van der Waals surface area contributed by atoms with Crippen LogP contribution in [0.5, 0.6) is 0 Å². The van der Waals surface area contributed by atoms with Crippen LogP contribution in [-0.2, 0) is 4.79 Å². The molecule has 4 aliphatic carbocycles. The van der Waals surface area contributed by atoms with E-state index in [4.69, 9.17) is 0 Å². The van der Waals surface area contributed by atoms with Crippen molar-refractivity contribution in [1.29, 1.82) is 0 Å². The zero-order chi connectivity index (χ0) is 18.5. The normalized spacial score (nSPS) is 47.5. The van der Waals surface area contributed by atoms with E-state index in [2.05, 4.69) is 19.9 Å². The van der Waals surface area contributed by atoms with E-state index >= 15 is 0 Å². The summed E-state index contributed by atoms with van der Waals surface area (Å²) in [5.41, 5.74) is 2.45. The van der Waals surface area contributed by atoms with Crippen LogP contribution >= 0.6 is 0 Å². The summed E-state index contributed by atoms with van der Waals surface area (Å²) in [4.78, 5) is 11.3. The lowest BCUT2D eigenvalue weighted by Gasteiger charge is -2.58. The number of ketones is 1. The summed E-state index contributed by atoms with van der Waals surface area (Å²) in [6.07, 6.45) is 15.5. The number of hydrogen-bond donors (Lipinski definition) is 1. The summed E-state index contributed by atoms with van der Waals surface area (Å²) in [5, 5.41) is 10.1. The quantitative estimate of drug-likeness (QED) is 0.656. The van der Waals surface area contributed by atoms with Gasteiger partial charge in [-0.15, -0.1) is 0 Å². The molecule has 2 heteroatoms. The number of carbonyl (C=O) groups is 1. The number of hydrogen-bond acceptors (Lipinski definition) is 2. The number of Topliss-reactive ketones (excluding diaryl/α,β-unsaturated/α-hetero) is 1. The molecule has 0 bridgehead atoms. The number of aliphatic hydroxyl groups excluding tert-OH is 1. The van der Waals surface area contributed by atoms with E-state index < -0.39 is 0 Å². The van der Waals surface area contributed by atoms with Gasteiger partial charge in [-0.1, -0.05) is 25.5 Å². The third kappa shape index (κ3) is 2.91. The molecule has 4 aliphatic rings. The molecule has 146 valence electrons. The fourth-order valence-corrected chi connectivity index (χ4v) is 7.82. The van der Waals surface area contributed by atoms with Gasteiger partial charge in [0.1, 0.15) is 5.78 Å². The predicted octanol–water partition coefficient (Wildman–Crippen LogP) is 5.69. The molecule has 7 unspecified atom stereocenters. The molecule has 0 heterocycles. The molecule has 0 aromatic heterocycles. The standard InChI is InChI=1S/C24H38O2/c1-16(25)5-4-6-17-8-10-21-20-9-7-18-15-19(26)11-13-24(18,3)22(20)12-14-23(17,21)2/h7,17,19-22,26H,4-6,8-15H2,1-3H3. The van der Waals surface area contributed by atoms with Gasteiger partial charge in [-0.25, -0.2) is 0 Å². The fourth-order valence-electron chi connectivity index (χ4n) is 7.82. The van der Waals surface area contributed by atoms with E-state index in [1.54, 1.807) is 12.5 Å². The van der Waals surface area contributed by atoms with Gasteiger partial charge in [0.25, 0.3) is 0 Å². The Kier molecular flexibility index (Phi) is 4.87. The minimum atomic E-state index is -0.100. The Morgan fingerprint density at radius 2 is 1.96 bits per heavy atom. The number of allylic oxidation sites excluding steroid dienone is 1. The lowest BCUT2D eigenvalue weighted by molar-refractivity contribution is -0.117. The molecule has 1 N–H and O–H groups in total. The summed E-state index contributed by atoms with van der Waals surface area (Å²) in [6, 6.07) is 0. The van der Waals surface area contributed by atoms with E-state index in [-0.39, 0.29) is 6.10 Å². The third-order valence-corrected chi connectivity index (χ3v) is 9.36. The van der Waals surface area contributed by atoms with Crippen molar-refractivity contribution in [3.05, 3.63) is 11.6 Å². The second-order valence-corrected chi connectivity index (χ2v) is 10.6. The van der Waals surface area contributed by atoms with Gasteiger partial charge in [0.15, 0.2) is 0 Å². The monoisotopic (exact) mass is 358 g/mol. The molecule has 0 saturated heterocycles. The molecule has 0 amide bonds. The van der Waals surface area contributed by atoms with Crippen molar-refractivity contribution in [3.63, 3.8) is 0 Å². The highest BCUT2D eigenvalue weighted by Crippen LogP contribution is 2.66. The van der Waals surface area contributed by atoms with Crippen LogP contribution in [0.4, 0.5) is 0 Å². The summed E-state index contributed by atoms with van der Waals surface area (Å²) in [5.74, 6) is 3.76. The summed E-state index contributed by atoms with van der Waals surface area (Å²) >= 11 is 0. The maximum atomic E-state index is 11.3. The number of fused-ring (bicyclic) bond motifs is 5. The van der Waals surface area contributed by atoms with Gasteiger partial charge < -0.3 is 9.90 Å². The van der Waals surface area contributed by atoms with Crippen molar-refractivity contribution in [2.75, 3.05) is 0 Å². The van der Waals surface area contributed by atoms with Crippen molar-refractivity contribution >= 4 is 5.78 Å². The fraction of sp³-hybridized carbons (Fsp3) is 0.875. The van der Waals surface area contributed by atoms with E-state index in [9.17, 15) is 9.90 Å². The van der Waals surface area contributed by atoms with Crippen LogP contribution in [0.1, 0.15) is 91.4 Å². The maximum Gasteiger partial charge on any atom is 0.129 e. The molecule has 26 heavy (non-hydrogen) atoms. The van der Waals surface area contributed by atoms with E-state index in [0.29, 0.717) is 16.6 Å². The molecule has 4 rings (SSSR count). The lowest BCUT2D eigenvalue weighted by atomic mass is 9.47. The smallest absolute Gasteiger partial charge is 0.129 e. The van der Waals surface area contributed by atoms with Crippen LogP contribution in [0, 0.1) is 34.5 Å². The first-order valence-corrected chi connectivity index (χ1v) is 11.2. The zero-order valence-electron chi connectivity index (χ0n) is 17.1. The van der Waals surface area contributed by atoms with Crippen LogP contribution in [0.3, 0.4) is 0 Å². The highest BCUT2D eigenvalue weighted by atomic mass is 16.3. The molecule has 0 aromatic carbocycles. The van der Waals surface area contributed by atoms with Crippen LogP contribution in [0.2, 0.25) is 0 Å². The predicted molar refractivity (Wildman–Crippen MR) is 106 cm³/mol. The Labute approximate surface area is 159 Å². The molecule has 3 fully saturated rings. The Hall–Kier alpha value is -0.630. The maximum absolute atomic E-state index is 11.3. The zero-order valence-corrected chi connectivity index (χ0v) is 17.1. The second-order valence-electron chi connectivity index (χ2n) is 10.6. The first kappa shape index (κ1) is 18.7. The minimum absolute atomic E-state index is 0.100. The highest BCUT2D eigenvalue weighted by molar-refractivity contribution is 5.75. The number of rotatable bonds is 4. The van der Waals surface area contributed by atoms with Gasteiger partial charge >= 0.3 is 0 Å². The second kappa shape index (κ2) is 6.76. The molecule has 0 aliphatic heterocycles. The largest absolute Gasteiger partial charge is 0.393 e. The molecule has 0 aromatic rings. The van der Waals surface area contributed by atoms with Crippen LogP contribution < -0.4 is 0 Å². The molecule has 0 spiro atoms. The van der Waals surface area contributed by atoms with Gasteiger partial charge in [0, 0.05) is 6.42 Å². The average molecular weight is 359 g/mol. The van der Waals surface area contributed by atoms with Gasteiger partial charge in [0.2, 0.25) is 0 Å². The summed E-state index contributed by atoms with van der Waals surface area (Å²) in [7, 11) is 0. The Morgan fingerprint density at radius 1 is 1.15 bits per heavy atom. The van der Waals surface area contributed by atoms with Gasteiger partial charge in [-0.2, -0.15) is 0 Å². The van der Waals surface area contributed by atoms with Crippen LogP contribution in [-0.4, -0.2) is 17.0 Å². The topological polar surface area (TPSA) is 37.3 Å². The SMILES string of the molecule is CC(=O)CCCC1CCC2C3CC=C4CC(O)CCC4(C)C3CCC12C. The molecule has 3 saturated carbocycles. The molecule has 7 atom stereocenters. The van der Waals surface area contributed by atoms with E-state index in [0.717, 1.165) is 49.4 Å².